The molecule has 4 rings (SSSR count). The molecular formula is C41H55N5O3. The number of nitrogens with one attached hydrogen (secondary N) is 1. The van der Waals surface area contributed by atoms with E-state index in [0.717, 1.165) is 47.2 Å². The van der Waals surface area contributed by atoms with Gasteiger partial charge in [0.05, 0.1) is 0 Å². The fourth-order valence-electron chi connectivity index (χ4n) is 6.77. The summed E-state index contributed by atoms with van der Waals surface area (Å²) in [6, 6.07) is 26.8. The van der Waals surface area contributed by atoms with Gasteiger partial charge in [-0.05, 0) is 82.3 Å². The molecule has 262 valence electrons. The Morgan fingerprint density at radius 1 is 0.878 bits per heavy atom. The van der Waals surface area contributed by atoms with Crippen molar-refractivity contribution in [1.29, 1.82) is 0 Å². The van der Waals surface area contributed by atoms with Gasteiger partial charge >= 0.3 is 0 Å². The summed E-state index contributed by atoms with van der Waals surface area (Å²) in [6.07, 6.45) is 5.93. The summed E-state index contributed by atoms with van der Waals surface area (Å²) in [5.74, 6) is -0.764. The molecule has 3 aromatic carbocycles. The number of nitrogens with two attached hydrogens (primary N) is 1. The first-order chi connectivity index (χ1) is 23.3. The molecule has 0 bridgehead atoms. The first kappa shape index (κ1) is 37.5. The predicted octanol–water partition coefficient (Wildman–Crippen LogP) is 5.47. The van der Waals surface area contributed by atoms with Crippen molar-refractivity contribution >= 4 is 17.7 Å². The number of amides is 3. The second-order valence-corrected chi connectivity index (χ2v) is 14.4. The summed E-state index contributed by atoms with van der Waals surface area (Å²) in [5, 5.41) is 3.14. The fraction of sp³-hybridized carbons (Fsp3) is 0.439. The van der Waals surface area contributed by atoms with Crippen LogP contribution in [0.5, 0.6) is 0 Å². The van der Waals surface area contributed by atoms with Gasteiger partial charge in [-0.25, -0.2) is 0 Å². The summed E-state index contributed by atoms with van der Waals surface area (Å²) in [6.45, 7) is 7.34. The van der Waals surface area contributed by atoms with Gasteiger partial charge in [-0.3, -0.25) is 14.4 Å². The Morgan fingerprint density at radius 2 is 1.45 bits per heavy atom. The number of carbonyl (C=O) groups excluding carboxylic acids is 3. The Labute approximate surface area is 293 Å². The lowest BCUT2D eigenvalue weighted by atomic mass is 9.96. The molecule has 1 saturated heterocycles. The van der Waals surface area contributed by atoms with E-state index in [-0.39, 0.29) is 17.7 Å². The Hall–Kier alpha value is -4.27. The molecule has 0 spiro atoms. The highest BCUT2D eigenvalue weighted by atomic mass is 16.2. The van der Waals surface area contributed by atoms with Crippen LogP contribution in [-0.4, -0.2) is 90.3 Å². The minimum Gasteiger partial charge on any atom is -0.354 e. The van der Waals surface area contributed by atoms with Crippen molar-refractivity contribution in [3.05, 3.63) is 108 Å². The molecule has 8 heteroatoms. The van der Waals surface area contributed by atoms with Gasteiger partial charge in [-0.15, -0.1) is 0 Å². The Kier molecular flexibility index (Phi) is 13.3. The van der Waals surface area contributed by atoms with E-state index in [4.69, 9.17) is 5.73 Å². The van der Waals surface area contributed by atoms with Crippen LogP contribution >= 0.6 is 0 Å². The van der Waals surface area contributed by atoms with Crippen LogP contribution < -0.4 is 11.1 Å². The Bertz CT molecular complexity index is 1550. The van der Waals surface area contributed by atoms with Crippen molar-refractivity contribution in [3.8, 4) is 11.1 Å². The molecule has 3 atom stereocenters. The van der Waals surface area contributed by atoms with E-state index in [1.807, 2.05) is 93.6 Å². The molecule has 49 heavy (non-hydrogen) atoms. The molecule has 1 aliphatic rings. The number of nitrogens with zero attached hydrogens (tertiary/aromatic N) is 3. The monoisotopic (exact) mass is 665 g/mol. The largest absolute Gasteiger partial charge is 0.354 e. The molecule has 3 amide bonds. The van der Waals surface area contributed by atoms with E-state index in [2.05, 4.69) is 29.4 Å². The van der Waals surface area contributed by atoms with Gasteiger partial charge in [0.25, 0.3) is 0 Å². The quantitative estimate of drug-likeness (QED) is 0.210. The maximum absolute atomic E-state index is 14.6. The first-order valence-electron chi connectivity index (χ1n) is 17.5. The molecule has 1 heterocycles. The van der Waals surface area contributed by atoms with E-state index in [9.17, 15) is 14.4 Å². The zero-order chi connectivity index (χ0) is 35.6. The molecule has 0 aliphatic carbocycles. The van der Waals surface area contributed by atoms with Crippen LogP contribution in [-0.2, 0) is 27.2 Å². The van der Waals surface area contributed by atoms with Crippen LogP contribution in [0.25, 0.3) is 11.1 Å². The predicted molar refractivity (Wildman–Crippen MR) is 199 cm³/mol. The first-order valence-corrected chi connectivity index (χ1v) is 17.5. The zero-order valence-electron chi connectivity index (χ0n) is 30.2. The van der Waals surface area contributed by atoms with E-state index in [0.29, 0.717) is 31.8 Å². The van der Waals surface area contributed by atoms with Gasteiger partial charge in [-0.1, -0.05) is 90.5 Å². The lowest BCUT2D eigenvalue weighted by molar-refractivity contribution is -0.146. The molecule has 1 unspecified atom stereocenters. The van der Waals surface area contributed by atoms with Crippen molar-refractivity contribution in [2.75, 3.05) is 34.2 Å². The lowest BCUT2D eigenvalue weighted by Gasteiger charge is -2.34. The van der Waals surface area contributed by atoms with Crippen LogP contribution in [0.1, 0.15) is 57.6 Å². The minimum atomic E-state index is -0.840. The van der Waals surface area contributed by atoms with Crippen molar-refractivity contribution in [1.82, 2.24) is 20.0 Å². The van der Waals surface area contributed by atoms with Crippen LogP contribution in [0.3, 0.4) is 0 Å². The van der Waals surface area contributed by atoms with Crippen LogP contribution in [0, 0.1) is 0 Å². The average Bonchev–Trinajstić information content (AvgIpc) is 3.49. The summed E-state index contributed by atoms with van der Waals surface area (Å²) in [4.78, 5) is 47.5. The van der Waals surface area contributed by atoms with E-state index in [1.54, 1.807) is 20.2 Å². The molecule has 0 aromatic heterocycles. The number of carbonyl (C=O) groups is 3. The van der Waals surface area contributed by atoms with Gasteiger partial charge in [-0.2, -0.15) is 0 Å². The third-order valence-electron chi connectivity index (χ3n) is 9.53. The van der Waals surface area contributed by atoms with Gasteiger partial charge in [0, 0.05) is 51.1 Å². The summed E-state index contributed by atoms with van der Waals surface area (Å²) < 4.78 is 0. The molecule has 0 saturated carbocycles. The van der Waals surface area contributed by atoms with Crippen LogP contribution in [0.15, 0.2) is 96.6 Å². The van der Waals surface area contributed by atoms with Crippen molar-refractivity contribution in [2.45, 2.75) is 83.0 Å². The summed E-state index contributed by atoms with van der Waals surface area (Å²) in [7, 11) is 5.48. The third-order valence-corrected chi connectivity index (χ3v) is 9.53. The van der Waals surface area contributed by atoms with Crippen LogP contribution in [0.4, 0.5) is 0 Å². The molecule has 0 radical (unpaired) electrons. The van der Waals surface area contributed by atoms with Crippen molar-refractivity contribution in [2.24, 2.45) is 5.73 Å². The van der Waals surface area contributed by atoms with Gasteiger partial charge in [0.15, 0.2) is 0 Å². The van der Waals surface area contributed by atoms with E-state index in [1.165, 1.54) is 16.2 Å². The highest BCUT2D eigenvalue weighted by Crippen LogP contribution is 2.22. The molecular weight excluding hydrogens is 610 g/mol. The molecule has 1 fully saturated rings. The Balaban J connectivity index is 1.60. The standard InChI is InChI=1S/C41H55N5O3/c1-30(29-41(2,3)42)26-38(47)45(5)37(28-32-19-21-34(22-20-32)33-16-11-8-12-17-33)40(49)46(6)36(27-31-14-9-7-10-15-31)39(48)43-24-23-35-18-13-25-44(35)4/h7-12,14-17,19-22,26,35-37H,13,18,23-25,27-29,42H2,1-6H3,(H,43,48)/t35?,36-,37-/m1/s1. The molecule has 3 aromatic rings. The topological polar surface area (TPSA) is 99.0 Å². The average molecular weight is 666 g/mol. The maximum Gasteiger partial charge on any atom is 0.246 e. The smallest absolute Gasteiger partial charge is 0.246 e. The normalized spacial score (nSPS) is 16.6. The SMILES string of the molecule is CC(=CC(=O)N(C)[C@H](Cc1ccc(-c2ccccc2)cc1)C(=O)N(C)[C@H](Cc1ccccc1)C(=O)NCCC1CCCN1C)CC(C)(C)N. The number of benzene rings is 3. The fourth-order valence-corrected chi connectivity index (χ4v) is 6.77. The van der Waals surface area contributed by atoms with Gasteiger partial charge in [0.1, 0.15) is 12.1 Å². The summed E-state index contributed by atoms with van der Waals surface area (Å²) >= 11 is 0. The number of likely N-dealkylation sites (N-methyl/N-ethyl adjacent to an activating group) is 2. The lowest BCUT2D eigenvalue weighted by Crippen LogP contribution is -2.56. The highest BCUT2D eigenvalue weighted by Gasteiger charge is 2.35. The second-order valence-electron chi connectivity index (χ2n) is 14.4. The molecule has 1 aliphatic heterocycles. The Morgan fingerprint density at radius 3 is 2.04 bits per heavy atom. The number of rotatable bonds is 15. The number of likely N-dealkylation sites (tertiary alicyclic amines) is 1. The van der Waals surface area contributed by atoms with Crippen molar-refractivity contribution in [3.63, 3.8) is 0 Å². The van der Waals surface area contributed by atoms with Gasteiger partial charge < -0.3 is 25.8 Å². The third kappa shape index (κ3) is 11.1. The summed E-state index contributed by atoms with van der Waals surface area (Å²) in [5.41, 5.74) is 10.6. The van der Waals surface area contributed by atoms with Gasteiger partial charge in [0.2, 0.25) is 17.7 Å². The molecule has 3 N–H and O–H groups in total. The highest BCUT2D eigenvalue weighted by molar-refractivity contribution is 5.95. The van der Waals surface area contributed by atoms with Crippen molar-refractivity contribution < 1.29 is 14.4 Å². The van der Waals surface area contributed by atoms with Crippen LogP contribution in [0.2, 0.25) is 0 Å². The maximum atomic E-state index is 14.6. The number of hydrogen-bond donors (Lipinski definition) is 2. The molecule has 8 nitrogen and oxygen atoms in total. The zero-order valence-corrected chi connectivity index (χ0v) is 30.2. The van der Waals surface area contributed by atoms with E-state index < -0.39 is 17.6 Å². The minimum absolute atomic E-state index is 0.193. The second kappa shape index (κ2) is 17.4. The number of hydrogen-bond acceptors (Lipinski definition) is 5. The van der Waals surface area contributed by atoms with E-state index >= 15 is 0 Å².